The van der Waals surface area contributed by atoms with Crippen molar-refractivity contribution in [1.29, 1.82) is 0 Å². The standard InChI is InChI=1S/C26H30N2O2.2C2H6/c1-2-20-9-6-7-12-22-19-23(13-14-24(20)22)26(30)28-16-8-15-27(17-18-28)25(29)21-10-4-3-5-11-21;2*1-2/h3-5,7,10-14,19-20H,2,6,8-9,15-18H2,1H3;2*1-2H3. The summed E-state index contributed by atoms with van der Waals surface area (Å²) in [5.74, 6) is 0.679. The minimum atomic E-state index is 0.0469. The van der Waals surface area contributed by atoms with E-state index in [1.807, 2.05) is 73.9 Å². The van der Waals surface area contributed by atoms with Crippen LogP contribution in [0.4, 0.5) is 0 Å². The number of hydrogen-bond acceptors (Lipinski definition) is 2. The molecule has 2 amide bonds. The van der Waals surface area contributed by atoms with Crippen LogP contribution in [0.25, 0.3) is 6.08 Å². The lowest BCUT2D eigenvalue weighted by atomic mass is 9.89. The van der Waals surface area contributed by atoms with Crippen LogP contribution in [-0.4, -0.2) is 47.8 Å². The van der Waals surface area contributed by atoms with Crippen molar-refractivity contribution < 1.29 is 9.59 Å². The molecule has 1 saturated heterocycles. The SMILES string of the molecule is CC.CC.CCC1CCC=Cc2cc(C(=O)N3CCCN(C(=O)c4ccccc4)CC3)ccc21. The van der Waals surface area contributed by atoms with Crippen LogP contribution >= 0.6 is 0 Å². The summed E-state index contributed by atoms with van der Waals surface area (Å²) in [6.45, 7) is 12.7. The minimum Gasteiger partial charge on any atom is -0.337 e. The molecule has 0 spiro atoms. The van der Waals surface area contributed by atoms with E-state index in [1.54, 1.807) is 0 Å². The molecule has 4 nitrogen and oxygen atoms in total. The molecule has 0 aromatic heterocycles. The first-order valence-electron chi connectivity index (χ1n) is 13.1. The third-order valence-electron chi connectivity index (χ3n) is 6.34. The number of carbonyl (C=O) groups is 2. The van der Waals surface area contributed by atoms with Gasteiger partial charge in [0.2, 0.25) is 0 Å². The fraction of sp³-hybridized carbons (Fsp3) is 0.467. The number of allylic oxidation sites excluding steroid dienone is 1. The summed E-state index contributed by atoms with van der Waals surface area (Å²) < 4.78 is 0. The van der Waals surface area contributed by atoms with Crippen LogP contribution in [0.2, 0.25) is 0 Å². The fourth-order valence-corrected chi connectivity index (χ4v) is 4.58. The highest BCUT2D eigenvalue weighted by Gasteiger charge is 2.24. The summed E-state index contributed by atoms with van der Waals surface area (Å²) in [6, 6.07) is 15.6. The van der Waals surface area contributed by atoms with E-state index in [1.165, 1.54) is 17.5 Å². The van der Waals surface area contributed by atoms with Gasteiger partial charge >= 0.3 is 0 Å². The molecule has 1 aliphatic carbocycles. The van der Waals surface area contributed by atoms with Crippen molar-refractivity contribution in [2.24, 2.45) is 0 Å². The van der Waals surface area contributed by atoms with Gasteiger partial charge in [0.25, 0.3) is 11.8 Å². The first kappa shape index (κ1) is 27.4. The van der Waals surface area contributed by atoms with Gasteiger partial charge < -0.3 is 9.80 Å². The van der Waals surface area contributed by atoms with E-state index in [0.29, 0.717) is 37.7 Å². The number of hydrogen-bond donors (Lipinski definition) is 0. The maximum Gasteiger partial charge on any atom is 0.253 e. The number of amides is 2. The number of benzene rings is 2. The average Bonchev–Trinajstić information content (AvgIpc) is 3.29. The van der Waals surface area contributed by atoms with Gasteiger partial charge in [0.1, 0.15) is 0 Å². The van der Waals surface area contributed by atoms with Gasteiger partial charge in [-0.2, -0.15) is 0 Å². The van der Waals surface area contributed by atoms with Gasteiger partial charge in [-0.15, -0.1) is 0 Å². The van der Waals surface area contributed by atoms with E-state index < -0.39 is 0 Å². The van der Waals surface area contributed by atoms with E-state index in [-0.39, 0.29) is 11.8 Å². The molecule has 1 fully saturated rings. The molecular weight excluding hydrogens is 420 g/mol. The fourth-order valence-electron chi connectivity index (χ4n) is 4.58. The number of nitrogens with zero attached hydrogens (tertiary/aromatic N) is 2. The molecule has 2 aromatic rings. The summed E-state index contributed by atoms with van der Waals surface area (Å²) >= 11 is 0. The van der Waals surface area contributed by atoms with Crippen molar-refractivity contribution in [2.45, 2.75) is 66.2 Å². The van der Waals surface area contributed by atoms with E-state index >= 15 is 0 Å². The molecule has 0 saturated carbocycles. The highest BCUT2D eigenvalue weighted by molar-refractivity contribution is 5.96. The quantitative estimate of drug-likeness (QED) is 0.491. The monoisotopic (exact) mass is 462 g/mol. The van der Waals surface area contributed by atoms with Crippen molar-refractivity contribution in [1.82, 2.24) is 9.80 Å². The topological polar surface area (TPSA) is 40.6 Å². The van der Waals surface area contributed by atoms with Gasteiger partial charge in [-0.3, -0.25) is 9.59 Å². The Labute approximate surface area is 206 Å². The van der Waals surface area contributed by atoms with Crippen LogP contribution in [-0.2, 0) is 0 Å². The largest absolute Gasteiger partial charge is 0.337 e. The molecule has 184 valence electrons. The van der Waals surface area contributed by atoms with Crippen molar-refractivity contribution in [2.75, 3.05) is 26.2 Å². The minimum absolute atomic E-state index is 0.0469. The van der Waals surface area contributed by atoms with Gasteiger partial charge in [-0.1, -0.05) is 71.0 Å². The Morgan fingerprint density at radius 1 is 0.824 bits per heavy atom. The first-order valence-corrected chi connectivity index (χ1v) is 13.1. The van der Waals surface area contributed by atoms with E-state index in [0.717, 1.165) is 24.8 Å². The number of fused-ring (bicyclic) bond motifs is 1. The zero-order valence-electron chi connectivity index (χ0n) is 21.7. The molecule has 1 aliphatic heterocycles. The highest BCUT2D eigenvalue weighted by atomic mass is 16.2. The van der Waals surface area contributed by atoms with Gasteiger partial charge in [-0.05, 0) is 67.0 Å². The average molecular weight is 463 g/mol. The first-order chi connectivity index (χ1) is 16.7. The van der Waals surface area contributed by atoms with Gasteiger partial charge in [0.15, 0.2) is 0 Å². The Balaban J connectivity index is 0.000000970. The van der Waals surface area contributed by atoms with E-state index in [4.69, 9.17) is 0 Å². The number of carbonyl (C=O) groups excluding carboxylic acids is 2. The molecule has 2 aliphatic rings. The Kier molecular flexibility index (Phi) is 11.6. The van der Waals surface area contributed by atoms with Crippen molar-refractivity contribution in [3.63, 3.8) is 0 Å². The third-order valence-corrected chi connectivity index (χ3v) is 6.34. The zero-order valence-corrected chi connectivity index (χ0v) is 21.7. The second-order valence-corrected chi connectivity index (χ2v) is 8.23. The maximum absolute atomic E-state index is 13.2. The Morgan fingerprint density at radius 2 is 1.44 bits per heavy atom. The summed E-state index contributed by atoms with van der Waals surface area (Å²) in [5, 5.41) is 0. The van der Waals surface area contributed by atoms with Crippen LogP contribution in [0.3, 0.4) is 0 Å². The number of rotatable bonds is 3. The van der Waals surface area contributed by atoms with Crippen LogP contribution in [0.5, 0.6) is 0 Å². The lowest BCUT2D eigenvalue weighted by Crippen LogP contribution is -2.37. The van der Waals surface area contributed by atoms with Crippen LogP contribution in [0, 0.1) is 0 Å². The summed E-state index contributed by atoms with van der Waals surface area (Å²) in [4.78, 5) is 29.8. The van der Waals surface area contributed by atoms with E-state index in [2.05, 4.69) is 31.2 Å². The Morgan fingerprint density at radius 3 is 2.06 bits per heavy atom. The summed E-state index contributed by atoms with van der Waals surface area (Å²) in [5.41, 5.74) is 4.00. The lowest BCUT2D eigenvalue weighted by Gasteiger charge is -2.23. The lowest BCUT2D eigenvalue weighted by molar-refractivity contribution is 0.0718. The predicted molar refractivity (Wildman–Crippen MR) is 143 cm³/mol. The Hall–Kier alpha value is -2.88. The molecule has 4 rings (SSSR count). The van der Waals surface area contributed by atoms with E-state index in [9.17, 15) is 9.59 Å². The molecular formula is C30H42N2O2. The van der Waals surface area contributed by atoms with Crippen molar-refractivity contribution >= 4 is 17.9 Å². The molecule has 0 N–H and O–H groups in total. The smallest absolute Gasteiger partial charge is 0.253 e. The van der Waals surface area contributed by atoms with Gasteiger partial charge in [0.05, 0.1) is 0 Å². The molecule has 1 atom stereocenters. The van der Waals surface area contributed by atoms with Gasteiger partial charge in [0, 0.05) is 37.3 Å². The molecule has 34 heavy (non-hydrogen) atoms. The normalized spacial score (nSPS) is 17.1. The van der Waals surface area contributed by atoms with Crippen LogP contribution in [0.1, 0.15) is 98.1 Å². The van der Waals surface area contributed by atoms with Crippen molar-refractivity contribution in [3.05, 3.63) is 76.9 Å². The molecule has 0 radical (unpaired) electrons. The van der Waals surface area contributed by atoms with Crippen molar-refractivity contribution in [3.8, 4) is 0 Å². The predicted octanol–water partition coefficient (Wildman–Crippen LogP) is 7.03. The summed E-state index contributed by atoms with van der Waals surface area (Å²) in [7, 11) is 0. The van der Waals surface area contributed by atoms with Gasteiger partial charge in [-0.25, -0.2) is 0 Å². The Bertz CT molecular complexity index is 936. The highest BCUT2D eigenvalue weighted by Crippen LogP contribution is 2.32. The van der Waals surface area contributed by atoms with Crippen LogP contribution in [0.15, 0.2) is 54.6 Å². The molecule has 2 aromatic carbocycles. The molecule has 4 heteroatoms. The second-order valence-electron chi connectivity index (χ2n) is 8.23. The third kappa shape index (κ3) is 6.82. The van der Waals surface area contributed by atoms with Crippen LogP contribution < -0.4 is 0 Å². The molecule has 1 unspecified atom stereocenters. The maximum atomic E-state index is 13.2. The summed E-state index contributed by atoms with van der Waals surface area (Å²) in [6.07, 6.45) is 8.58. The zero-order chi connectivity index (χ0) is 24.9. The molecule has 0 bridgehead atoms. The molecule has 1 heterocycles. The second kappa shape index (κ2) is 14.4.